The standard InChI is InChI=1S/C8H11N.C2H6/c1-7-4-5-8-3-2-6-9(7)8;1-2/h4-5H,2-3,6H2,1H3;1-2H3. The lowest BCUT2D eigenvalue weighted by Gasteiger charge is -1.97. The van der Waals surface area contributed by atoms with Gasteiger partial charge in [-0.3, -0.25) is 0 Å². The van der Waals surface area contributed by atoms with Crippen molar-refractivity contribution in [1.29, 1.82) is 0 Å². The van der Waals surface area contributed by atoms with Crippen LogP contribution in [0.2, 0.25) is 0 Å². The fourth-order valence-corrected chi connectivity index (χ4v) is 1.58. The predicted molar refractivity (Wildman–Crippen MR) is 48.8 cm³/mol. The van der Waals surface area contributed by atoms with Gasteiger partial charge < -0.3 is 4.57 Å². The minimum Gasteiger partial charge on any atom is -0.349 e. The maximum absolute atomic E-state index is 2.40. The number of aromatic nitrogens is 1. The fourth-order valence-electron chi connectivity index (χ4n) is 1.58. The highest BCUT2D eigenvalue weighted by Gasteiger charge is 2.09. The van der Waals surface area contributed by atoms with Crippen LogP contribution in [0.1, 0.15) is 31.7 Å². The molecular weight excluding hydrogens is 134 g/mol. The summed E-state index contributed by atoms with van der Waals surface area (Å²) in [4.78, 5) is 0. The van der Waals surface area contributed by atoms with Gasteiger partial charge in [0, 0.05) is 17.9 Å². The highest BCUT2D eigenvalue weighted by molar-refractivity contribution is 5.17. The molecule has 1 aromatic heterocycles. The molecule has 0 atom stereocenters. The molecule has 0 unspecified atom stereocenters. The van der Waals surface area contributed by atoms with Gasteiger partial charge in [0.15, 0.2) is 0 Å². The molecule has 1 aromatic rings. The second-order valence-electron chi connectivity index (χ2n) is 2.72. The average molecular weight is 151 g/mol. The van der Waals surface area contributed by atoms with Gasteiger partial charge in [-0.2, -0.15) is 0 Å². The Kier molecular flexibility index (Phi) is 2.75. The summed E-state index contributed by atoms with van der Waals surface area (Å²) in [5.74, 6) is 0. The van der Waals surface area contributed by atoms with Crippen LogP contribution < -0.4 is 0 Å². The van der Waals surface area contributed by atoms with E-state index in [-0.39, 0.29) is 0 Å². The van der Waals surface area contributed by atoms with Crippen molar-refractivity contribution in [1.82, 2.24) is 4.57 Å². The van der Waals surface area contributed by atoms with Crippen molar-refractivity contribution in [2.75, 3.05) is 0 Å². The third-order valence-electron chi connectivity index (χ3n) is 2.10. The van der Waals surface area contributed by atoms with E-state index in [9.17, 15) is 0 Å². The first-order valence-corrected chi connectivity index (χ1v) is 4.53. The van der Waals surface area contributed by atoms with Gasteiger partial charge in [-0.05, 0) is 31.9 Å². The van der Waals surface area contributed by atoms with Crippen LogP contribution >= 0.6 is 0 Å². The van der Waals surface area contributed by atoms with E-state index in [1.54, 1.807) is 0 Å². The molecule has 0 aliphatic carbocycles. The zero-order valence-corrected chi connectivity index (χ0v) is 7.72. The van der Waals surface area contributed by atoms with Gasteiger partial charge >= 0.3 is 0 Å². The summed E-state index contributed by atoms with van der Waals surface area (Å²) in [6.07, 6.45) is 2.63. The Hall–Kier alpha value is -0.720. The molecule has 1 heteroatoms. The van der Waals surface area contributed by atoms with Gasteiger partial charge in [-0.1, -0.05) is 13.8 Å². The maximum atomic E-state index is 2.40. The molecule has 0 aromatic carbocycles. The normalized spacial score (nSPS) is 13.7. The lowest BCUT2D eigenvalue weighted by molar-refractivity contribution is 0.729. The van der Waals surface area contributed by atoms with Crippen LogP contribution in [0.15, 0.2) is 12.1 Å². The van der Waals surface area contributed by atoms with Crippen LogP contribution in [0.3, 0.4) is 0 Å². The number of hydrogen-bond donors (Lipinski definition) is 0. The second-order valence-corrected chi connectivity index (χ2v) is 2.72. The lowest BCUT2D eigenvalue weighted by Crippen LogP contribution is -1.92. The third kappa shape index (κ3) is 1.47. The monoisotopic (exact) mass is 151 g/mol. The first kappa shape index (κ1) is 8.38. The molecule has 0 radical (unpaired) electrons. The van der Waals surface area contributed by atoms with E-state index in [0.29, 0.717) is 0 Å². The SMILES string of the molecule is CC.Cc1ccc2n1CCC2. The summed E-state index contributed by atoms with van der Waals surface area (Å²) in [6.45, 7) is 7.42. The topological polar surface area (TPSA) is 4.93 Å². The summed E-state index contributed by atoms with van der Waals surface area (Å²) in [6, 6.07) is 4.44. The molecule has 0 fully saturated rings. The van der Waals surface area contributed by atoms with E-state index in [1.165, 1.54) is 30.8 Å². The zero-order valence-electron chi connectivity index (χ0n) is 7.72. The Morgan fingerprint density at radius 3 is 2.64 bits per heavy atom. The van der Waals surface area contributed by atoms with Crippen molar-refractivity contribution in [3.05, 3.63) is 23.5 Å². The third-order valence-corrected chi connectivity index (χ3v) is 2.10. The zero-order chi connectivity index (χ0) is 8.27. The lowest BCUT2D eigenvalue weighted by atomic mass is 10.3. The first-order chi connectivity index (χ1) is 5.38. The summed E-state index contributed by atoms with van der Waals surface area (Å²) in [5, 5.41) is 0. The van der Waals surface area contributed by atoms with Gasteiger partial charge in [-0.15, -0.1) is 0 Å². The van der Waals surface area contributed by atoms with Crippen LogP contribution in [0, 0.1) is 6.92 Å². The van der Waals surface area contributed by atoms with Crippen LogP contribution in [-0.2, 0) is 13.0 Å². The molecule has 1 aliphatic rings. The Labute approximate surface area is 69.0 Å². The van der Waals surface area contributed by atoms with Gasteiger partial charge in [0.2, 0.25) is 0 Å². The molecule has 0 saturated carbocycles. The molecule has 0 bridgehead atoms. The first-order valence-electron chi connectivity index (χ1n) is 4.53. The largest absolute Gasteiger partial charge is 0.349 e. The van der Waals surface area contributed by atoms with E-state index in [2.05, 4.69) is 23.6 Å². The van der Waals surface area contributed by atoms with Crippen LogP contribution in [0.4, 0.5) is 0 Å². The van der Waals surface area contributed by atoms with Crippen molar-refractivity contribution in [3.8, 4) is 0 Å². The summed E-state index contributed by atoms with van der Waals surface area (Å²) in [7, 11) is 0. The number of rotatable bonds is 0. The van der Waals surface area contributed by atoms with E-state index >= 15 is 0 Å². The Bertz CT molecular complexity index is 223. The van der Waals surface area contributed by atoms with E-state index in [0.717, 1.165) is 0 Å². The molecule has 0 saturated heterocycles. The molecule has 0 amide bonds. The number of aryl methyl sites for hydroxylation is 2. The molecular formula is C10H17N. The fraction of sp³-hybridized carbons (Fsp3) is 0.600. The summed E-state index contributed by atoms with van der Waals surface area (Å²) in [5.41, 5.74) is 2.94. The van der Waals surface area contributed by atoms with Crippen LogP contribution in [0.25, 0.3) is 0 Å². The Morgan fingerprint density at radius 1 is 1.27 bits per heavy atom. The minimum absolute atomic E-state index is 1.24. The minimum atomic E-state index is 1.24. The van der Waals surface area contributed by atoms with Crippen molar-refractivity contribution in [3.63, 3.8) is 0 Å². The van der Waals surface area contributed by atoms with Crippen molar-refractivity contribution < 1.29 is 0 Å². The molecule has 1 nitrogen and oxygen atoms in total. The Balaban J connectivity index is 0.000000281. The van der Waals surface area contributed by atoms with E-state index in [4.69, 9.17) is 0 Å². The molecule has 1 aliphatic heterocycles. The maximum Gasteiger partial charge on any atom is 0.0228 e. The average Bonchev–Trinajstić information content (AvgIpc) is 2.60. The molecule has 0 N–H and O–H groups in total. The number of nitrogens with zero attached hydrogens (tertiary/aromatic N) is 1. The van der Waals surface area contributed by atoms with Gasteiger partial charge in [0.05, 0.1) is 0 Å². The van der Waals surface area contributed by atoms with Crippen molar-refractivity contribution in [2.45, 2.75) is 40.2 Å². The van der Waals surface area contributed by atoms with Crippen molar-refractivity contribution >= 4 is 0 Å². The Morgan fingerprint density at radius 2 is 2.00 bits per heavy atom. The second kappa shape index (κ2) is 3.61. The number of hydrogen-bond acceptors (Lipinski definition) is 0. The van der Waals surface area contributed by atoms with E-state index < -0.39 is 0 Å². The predicted octanol–water partition coefficient (Wildman–Crippen LogP) is 2.77. The van der Waals surface area contributed by atoms with Gasteiger partial charge in [0.25, 0.3) is 0 Å². The van der Waals surface area contributed by atoms with Gasteiger partial charge in [-0.25, -0.2) is 0 Å². The number of fused-ring (bicyclic) bond motifs is 1. The molecule has 2 rings (SSSR count). The van der Waals surface area contributed by atoms with E-state index in [1.807, 2.05) is 13.8 Å². The smallest absolute Gasteiger partial charge is 0.0228 e. The summed E-state index contributed by atoms with van der Waals surface area (Å²) < 4.78 is 2.40. The molecule has 2 heterocycles. The summed E-state index contributed by atoms with van der Waals surface area (Å²) >= 11 is 0. The van der Waals surface area contributed by atoms with Gasteiger partial charge in [0.1, 0.15) is 0 Å². The van der Waals surface area contributed by atoms with Crippen molar-refractivity contribution in [2.24, 2.45) is 0 Å². The van der Waals surface area contributed by atoms with Crippen LogP contribution in [-0.4, -0.2) is 4.57 Å². The quantitative estimate of drug-likeness (QED) is 0.537. The molecule has 0 spiro atoms. The highest BCUT2D eigenvalue weighted by atomic mass is 15.0. The molecule has 11 heavy (non-hydrogen) atoms. The highest BCUT2D eigenvalue weighted by Crippen LogP contribution is 2.17. The molecule has 62 valence electrons. The van der Waals surface area contributed by atoms with Crippen LogP contribution in [0.5, 0.6) is 0 Å².